The van der Waals surface area contributed by atoms with E-state index >= 15 is 0 Å². The minimum atomic E-state index is -6.57. The number of halogens is 7. The fourth-order valence-electron chi connectivity index (χ4n) is 3.59. The second kappa shape index (κ2) is 9.90. The number of rotatable bonds is 6. The van der Waals surface area contributed by atoms with Gasteiger partial charge in [-0.05, 0) is 24.1 Å². The number of alkyl halides is 7. The van der Waals surface area contributed by atoms with Crippen LogP contribution in [0.3, 0.4) is 0 Å². The van der Waals surface area contributed by atoms with Crippen LogP contribution in [-0.4, -0.2) is 55.6 Å². The van der Waals surface area contributed by atoms with Crippen LogP contribution < -0.4 is 15.5 Å². The summed E-state index contributed by atoms with van der Waals surface area (Å²) in [4.78, 5) is 38.9. The standard InChI is InChI=1S/C23H20F7N3O4/c1-12(37-20(36)31-11-21(24,25)22(26,27)23(28,29)30)18(34)32-17-15-9-4-3-7-13(15)14-8-5-6-10-16(14)33(2)19(17)35/h3-10,12,17H,11H2,1-2H3,(H,31,36)(H,32,34)/t12-,17-/m0/s1. The SMILES string of the molecule is C[C@H](OC(=O)NCC(F)(F)C(F)(F)C(F)(F)F)C(=O)N[C@@H]1C(=O)N(C)c2ccccc2-c2ccccc21. The molecule has 2 aromatic carbocycles. The molecule has 0 saturated carbocycles. The lowest BCUT2D eigenvalue weighted by atomic mass is 9.95. The average molecular weight is 535 g/mol. The number of carbonyl (C=O) groups excluding carboxylic acids is 3. The van der Waals surface area contributed by atoms with Gasteiger partial charge in [0.15, 0.2) is 6.10 Å². The van der Waals surface area contributed by atoms with Crippen LogP contribution >= 0.6 is 0 Å². The summed E-state index contributed by atoms with van der Waals surface area (Å²) in [7, 11) is 1.48. The molecule has 2 N–H and O–H groups in total. The summed E-state index contributed by atoms with van der Waals surface area (Å²) in [5.74, 6) is -13.7. The van der Waals surface area contributed by atoms with Crippen LogP contribution in [0.5, 0.6) is 0 Å². The van der Waals surface area contributed by atoms with Crippen LogP contribution in [0.15, 0.2) is 48.5 Å². The van der Waals surface area contributed by atoms with Crippen molar-refractivity contribution in [3.05, 3.63) is 54.1 Å². The van der Waals surface area contributed by atoms with Crippen LogP contribution in [-0.2, 0) is 14.3 Å². The highest BCUT2D eigenvalue weighted by molar-refractivity contribution is 6.06. The van der Waals surface area contributed by atoms with Gasteiger partial charge in [0.2, 0.25) is 0 Å². The number of benzene rings is 2. The first-order chi connectivity index (χ1) is 17.1. The van der Waals surface area contributed by atoms with Crippen LogP contribution in [0, 0.1) is 0 Å². The van der Waals surface area contributed by atoms with Crippen molar-refractivity contribution in [2.24, 2.45) is 0 Å². The third-order valence-corrected chi connectivity index (χ3v) is 5.61. The largest absolute Gasteiger partial charge is 0.459 e. The molecule has 3 rings (SSSR count). The Balaban J connectivity index is 1.71. The second-order valence-corrected chi connectivity index (χ2v) is 8.12. The van der Waals surface area contributed by atoms with Gasteiger partial charge in [-0.25, -0.2) is 4.79 Å². The number of ether oxygens (including phenoxy) is 1. The molecule has 3 amide bonds. The Kier molecular flexibility index (Phi) is 7.42. The highest BCUT2D eigenvalue weighted by Gasteiger charge is 2.72. The predicted octanol–water partition coefficient (Wildman–Crippen LogP) is 4.43. The van der Waals surface area contributed by atoms with Gasteiger partial charge in [-0.15, -0.1) is 0 Å². The van der Waals surface area contributed by atoms with Gasteiger partial charge in [0.25, 0.3) is 11.8 Å². The van der Waals surface area contributed by atoms with Crippen LogP contribution in [0.2, 0.25) is 0 Å². The highest BCUT2D eigenvalue weighted by Crippen LogP contribution is 2.46. The first-order valence-corrected chi connectivity index (χ1v) is 10.6. The maximum atomic E-state index is 13.4. The number of nitrogens with zero attached hydrogens (tertiary/aromatic N) is 1. The Labute approximate surface area is 205 Å². The van der Waals surface area contributed by atoms with Crippen LogP contribution in [0.4, 0.5) is 41.2 Å². The summed E-state index contributed by atoms with van der Waals surface area (Å²) < 4.78 is 93.9. The molecule has 0 spiro atoms. The van der Waals surface area contributed by atoms with E-state index in [2.05, 4.69) is 10.1 Å². The number of carbonyl (C=O) groups is 3. The molecule has 2 atom stereocenters. The first-order valence-electron chi connectivity index (χ1n) is 10.6. The van der Waals surface area contributed by atoms with Crippen molar-refractivity contribution in [2.75, 3.05) is 18.5 Å². The van der Waals surface area contributed by atoms with Crippen molar-refractivity contribution in [3.63, 3.8) is 0 Å². The number of amides is 3. The Morgan fingerprint density at radius 2 is 1.54 bits per heavy atom. The number of likely N-dealkylation sites (N-methyl/N-ethyl adjacent to an activating group) is 1. The first kappa shape index (κ1) is 27.7. The number of alkyl carbamates (subject to hydrolysis) is 1. The number of hydrogen-bond acceptors (Lipinski definition) is 4. The highest BCUT2D eigenvalue weighted by atomic mass is 19.4. The Morgan fingerprint density at radius 3 is 2.16 bits per heavy atom. The molecule has 1 aliphatic heterocycles. The van der Waals surface area contributed by atoms with Crippen molar-refractivity contribution < 1.29 is 49.9 Å². The van der Waals surface area contributed by atoms with Crippen molar-refractivity contribution >= 4 is 23.6 Å². The zero-order valence-electron chi connectivity index (χ0n) is 19.2. The molecular weight excluding hydrogens is 515 g/mol. The van der Waals surface area contributed by atoms with E-state index in [9.17, 15) is 45.1 Å². The van der Waals surface area contributed by atoms with E-state index in [1.54, 1.807) is 48.5 Å². The topological polar surface area (TPSA) is 87.7 Å². The van der Waals surface area contributed by atoms with Crippen LogP contribution in [0.25, 0.3) is 11.1 Å². The molecule has 0 aromatic heterocycles. The van der Waals surface area contributed by atoms with E-state index in [0.29, 0.717) is 22.4 Å². The van der Waals surface area contributed by atoms with Gasteiger partial charge >= 0.3 is 24.1 Å². The zero-order valence-corrected chi connectivity index (χ0v) is 19.2. The van der Waals surface area contributed by atoms with Crippen molar-refractivity contribution in [1.29, 1.82) is 0 Å². The lowest BCUT2D eigenvalue weighted by Crippen LogP contribution is -2.57. The normalized spacial score (nSPS) is 16.7. The molecule has 0 radical (unpaired) electrons. The van der Waals surface area contributed by atoms with Gasteiger partial charge in [0, 0.05) is 12.6 Å². The number of para-hydroxylation sites is 1. The van der Waals surface area contributed by atoms with Gasteiger partial charge in [-0.2, -0.15) is 30.7 Å². The molecule has 1 aliphatic rings. The Bertz CT molecular complexity index is 1200. The molecule has 0 fully saturated rings. The molecule has 1 heterocycles. The summed E-state index contributed by atoms with van der Waals surface area (Å²) in [6.45, 7) is -1.42. The van der Waals surface area contributed by atoms with Gasteiger partial charge in [-0.1, -0.05) is 42.5 Å². The lowest BCUT2D eigenvalue weighted by Gasteiger charge is -2.28. The van der Waals surface area contributed by atoms with Crippen molar-refractivity contribution in [1.82, 2.24) is 10.6 Å². The van der Waals surface area contributed by atoms with Gasteiger partial charge in [0.1, 0.15) is 6.04 Å². The average Bonchev–Trinajstić information content (AvgIpc) is 2.92. The van der Waals surface area contributed by atoms with E-state index in [1.165, 1.54) is 11.9 Å². The molecule has 0 saturated heterocycles. The molecule has 2 aromatic rings. The summed E-state index contributed by atoms with van der Waals surface area (Å²) >= 11 is 0. The minimum Gasteiger partial charge on any atom is -0.436 e. The molecule has 0 bridgehead atoms. The van der Waals surface area contributed by atoms with E-state index in [4.69, 9.17) is 0 Å². The summed E-state index contributed by atoms with van der Waals surface area (Å²) in [5, 5.41) is 3.50. The molecule has 14 heteroatoms. The smallest absolute Gasteiger partial charge is 0.436 e. The number of fused-ring (bicyclic) bond motifs is 3. The number of anilines is 1. The van der Waals surface area contributed by atoms with Crippen LogP contribution in [0.1, 0.15) is 18.5 Å². The maximum Gasteiger partial charge on any atom is 0.459 e. The Morgan fingerprint density at radius 1 is 0.973 bits per heavy atom. The van der Waals surface area contributed by atoms with Crippen molar-refractivity contribution in [3.8, 4) is 11.1 Å². The second-order valence-electron chi connectivity index (χ2n) is 8.12. The molecule has 0 aliphatic carbocycles. The van der Waals surface area contributed by atoms with E-state index in [-0.39, 0.29) is 0 Å². The maximum absolute atomic E-state index is 13.4. The van der Waals surface area contributed by atoms with Gasteiger partial charge in [0.05, 0.1) is 12.2 Å². The molecule has 7 nitrogen and oxygen atoms in total. The molecule has 37 heavy (non-hydrogen) atoms. The van der Waals surface area contributed by atoms with Crippen molar-refractivity contribution in [2.45, 2.75) is 37.1 Å². The van der Waals surface area contributed by atoms with E-state index in [1.807, 2.05) is 0 Å². The zero-order chi connectivity index (χ0) is 27.8. The molecule has 200 valence electrons. The van der Waals surface area contributed by atoms with E-state index < -0.39 is 54.6 Å². The molecule has 0 unspecified atom stereocenters. The molecular formula is C23H20F7N3O4. The summed E-state index contributed by atoms with van der Waals surface area (Å²) in [6, 6.07) is 12.4. The fraction of sp³-hybridized carbons (Fsp3) is 0.348. The summed E-state index contributed by atoms with van der Waals surface area (Å²) in [5.41, 5.74) is 2.28. The monoisotopic (exact) mass is 535 g/mol. The quantitative estimate of drug-likeness (QED) is 0.536. The van der Waals surface area contributed by atoms with Gasteiger partial charge in [-0.3, -0.25) is 9.59 Å². The minimum absolute atomic E-state index is 0.406. The lowest BCUT2D eigenvalue weighted by molar-refractivity contribution is -0.352. The summed E-state index contributed by atoms with van der Waals surface area (Å²) in [6.07, 6.45) is -10.2. The third-order valence-electron chi connectivity index (χ3n) is 5.61. The predicted molar refractivity (Wildman–Crippen MR) is 116 cm³/mol. The fourth-order valence-corrected chi connectivity index (χ4v) is 3.59. The number of nitrogens with one attached hydrogen (secondary N) is 2. The van der Waals surface area contributed by atoms with E-state index in [0.717, 1.165) is 12.2 Å². The van der Waals surface area contributed by atoms with Gasteiger partial charge < -0.3 is 20.3 Å². The third kappa shape index (κ3) is 5.32. The number of hydrogen-bond donors (Lipinski definition) is 2. The Hall–Kier alpha value is -3.84.